The fourth-order valence-electron chi connectivity index (χ4n) is 2.12. The van der Waals surface area contributed by atoms with Gasteiger partial charge in [-0.3, -0.25) is 11.3 Å². The van der Waals surface area contributed by atoms with Gasteiger partial charge >= 0.3 is 0 Å². The van der Waals surface area contributed by atoms with Gasteiger partial charge in [-0.1, -0.05) is 18.2 Å². The van der Waals surface area contributed by atoms with Gasteiger partial charge in [-0.25, -0.2) is 13.2 Å². The summed E-state index contributed by atoms with van der Waals surface area (Å²) < 4.78 is 40.8. The summed E-state index contributed by atoms with van der Waals surface area (Å²) in [4.78, 5) is 0. The third-order valence-electron chi connectivity index (χ3n) is 3.23. The molecule has 0 heterocycles. The number of aryl methyl sites for hydroxylation is 1. The molecule has 2 nitrogen and oxygen atoms in total. The first kappa shape index (κ1) is 14.6. The van der Waals surface area contributed by atoms with Crippen molar-refractivity contribution in [3.8, 4) is 0 Å². The number of hydrazine groups is 1. The molecule has 20 heavy (non-hydrogen) atoms. The Morgan fingerprint density at radius 1 is 1.15 bits per heavy atom. The monoisotopic (exact) mass is 280 g/mol. The molecule has 0 aliphatic heterocycles. The van der Waals surface area contributed by atoms with Gasteiger partial charge in [0.15, 0.2) is 0 Å². The zero-order valence-electron chi connectivity index (χ0n) is 11.0. The van der Waals surface area contributed by atoms with E-state index in [-0.39, 0.29) is 12.0 Å². The third kappa shape index (κ3) is 3.00. The molecule has 0 fully saturated rings. The summed E-state index contributed by atoms with van der Waals surface area (Å²) >= 11 is 0. The molecule has 0 aromatic heterocycles. The third-order valence-corrected chi connectivity index (χ3v) is 3.23. The summed E-state index contributed by atoms with van der Waals surface area (Å²) in [6.45, 7) is 1.63. The Morgan fingerprint density at radius 3 is 2.60 bits per heavy atom. The van der Waals surface area contributed by atoms with Crippen molar-refractivity contribution in [1.29, 1.82) is 0 Å². The van der Waals surface area contributed by atoms with Crippen molar-refractivity contribution < 1.29 is 13.2 Å². The Bertz CT molecular complexity index is 614. The lowest BCUT2D eigenvalue weighted by atomic mass is 9.97. The lowest BCUT2D eigenvalue weighted by molar-refractivity contribution is 0.493. The highest BCUT2D eigenvalue weighted by Gasteiger charge is 2.18. The van der Waals surface area contributed by atoms with Crippen molar-refractivity contribution in [2.45, 2.75) is 19.4 Å². The number of hydrogen-bond donors (Lipinski definition) is 2. The number of nitrogens with one attached hydrogen (secondary N) is 1. The van der Waals surface area contributed by atoms with Crippen LogP contribution in [0.5, 0.6) is 0 Å². The van der Waals surface area contributed by atoms with Gasteiger partial charge in [0.1, 0.15) is 17.5 Å². The average molecular weight is 280 g/mol. The fourth-order valence-corrected chi connectivity index (χ4v) is 2.12. The first-order valence-electron chi connectivity index (χ1n) is 6.18. The number of nitrogens with two attached hydrogens (primary N) is 1. The molecule has 0 aliphatic carbocycles. The summed E-state index contributed by atoms with van der Waals surface area (Å²) in [6.07, 6.45) is 0.0560. The van der Waals surface area contributed by atoms with Gasteiger partial charge in [-0.15, -0.1) is 0 Å². The lowest BCUT2D eigenvalue weighted by Crippen LogP contribution is -2.30. The number of halogens is 3. The van der Waals surface area contributed by atoms with Gasteiger partial charge in [-0.05, 0) is 42.7 Å². The highest BCUT2D eigenvalue weighted by atomic mass is 19.1. The Kier molecular flexibility index (Phi) is 4.42. The Labute approximate surface area is 115 Å². The van der Waals surface area contributed by atoms with Crippen LogP contribution in [0, 0.1) is 24.4 Å². The number of benzene rings is 2. The van der Waals surface area contributed by atoms with Gasteiger partial charge in [0, 0.05) is 5.56 Å². The van der Waals surface area contributed by atoms with E-state index in [9.17, 15) is 13.2 Å². The number of rotatable bonds is 4. The zero-order valence-corrected chi connectivity index (χ0v) is 11.0. The van der Waals surface area contributed by atoms with Crippen molar-refractivity contribution in [1.82, 2.24) is 5.43 Å². The van der Waals surface area contributed by atoms with Crippen LogP contribution in [0.25, 0.3) is 0 Å². The molecule has 0 saturated carbocycles. The molecule has 0 amide bonds. The summed E-state index contributed by atoms with van der Waals surface area (Å²) in [6, 6.07) is 7.44. The molecule has 5 heteroatoms. The molecular formula is C15H15F3N2. The summed E-state index contributed by atoms with van der Waals surface area (Å²) in [5.74, 6) is 3.95. The molecule has 2 aromatic rings. The van der Waals surface area contributed by atoms with Gasteiger partial charge in [0.05, 0.1) is 6.04 Å². The standard InChI is InChI=1S/C15H15F3N2/c1-9-3-2-4-12(15(9)18)14(20-19)8-10-7-11(16)5-6-13(10)17/h2-7,14,20H,8,19H2,1H3. The van der Waals surface area contributed by atoms with Crippen molar-refractivity contribution in [3.05, 3.63) is 70.5 Å². The Hall–Kier alpha value is -1.85. The quantitative estimate of drug-likeness (QED) is 0.667. The Balaban J connectivity index is 2.34. The first-order chi connectivity index (χ1) is 9.52. The normalized spacial score (nSPS) is 12.4. The summed E-state index contributed by atoms with van der Waals surface area (Å²) in [5, 5.41) is 0. The van der Waals surface area contributed by atoms with Crippen LogP contribution in [0.4, 0.5) is 13.2 Å². The minimum Gasteiger partial charge on any atom is -0.271 e. The van der Waals surface area contributed by atoms with Crippen molar-refractivity contribution in [2.24, 2.45) is 5.84 Å². The van der Waals surface area contributed by atoms with Gasteiger partial charge < -0.3 is 0 Å². The van der Waals surface area contributed by atoms with Crippen LogP contribution in [0.2, 0.25) is 0 Å². The van der Waals surface area contributed by atoms with E-state index in [2.05, 4.69) is 5.43 Å². The summed E-state index contributed by atoms with van der Waals surface area (Å²) in [7, 11) is 0. The molecule has 0 radical (unpaired) electrons. The maximum absolute atomic E-state index is 14.1. The van der Waals surface area contributed by atoms with Crippen LogP contribution in [-0.2, 0) is 6.42 Å². The molecule has 0 saturated heterocycles. The van der Waals surface area contributed by atoms with E-state index in [0.29, 0.717) is 11.1 Å². The molecule has 106 valence electrons. The smallest absolute Gasteiger partial charge is 0.130 e. The molecular weight excluding hydrogens is 265 g/mol. The average Bonchev–Trinajstić information content (AvgIpc) is 2.43. The van der Waals surface area contributed by atoms with E-state index < -0.39 is 23.5 Å². The molecule has 3 N–H and O–H groups in total. The summed E-state index contributed by atoms with van der Waals surface area (Å²) in [5.41, 5.74) is 3.40. The second-order valence-corrected chi connectivity index (χ2v) is 4.64. The molecule has 2 aromatic carbocycles. The van der Waals surface area contributed by atoms with Gasteiger partial charge in [0.2, 0.25) is 0 Å². The first-order valence-corrected chi connectivity index (χ1v) is 6.18. The highest BCUT2D eigenvalue weighted by molar-refractivity contribution is 5.30. The Morgan fingerprint density at radius 2 is 1.90 bits per heavy atom. The SMILES string of the molecule is Cc1cccc(C(Cc2cc(F)ccc2F)NN)c1F. The maximum atomic E-state index is 14.1. The maximum Gasteiger partial charge on any atom is 0.130 e. The van der Waals surface area contributed by atoms with E-state index in [1.807, 2.05) is 0 Å². The van der Waals surface area contributed by atoms with E-state index in [4.69, 9.17) is 5.84 Å². The van der Waals surface area contributed by atoms with Crippen LogP contribution in [0.3, 0.4) is 0 Å². The minimum atomic E-state index is -0.633. The molecule has 0 spiro atoms. The predicted octanol–water partition coefficient (Wildman–Crippen LogP) is 3.16. The topological polar surface area (TPSA) is 38.0 Å². The zero-order chi connectivity index (χ0) is 14.7. The second kappa shape index (κ2) is 6.07. The highest BCUT2D eigenvalue weighted by Crippen LogP contribution is 2.24. The molecule has 1 unspecified atom stereocenters. The molecule has 0 aliphatic rings. The predicted molar refractivity (Wildman–Crippen MR) is 71.3 cm³/mol. The van der Waals surface area contributed by atoms with E-state index >= 15 is 0 Å². The number of hydrogen-bond acceptors (Lipinski definition) is 2. The van der Waals surface area contributed by atoms with Crippen molar-refractivity contribution >= 4 is 0 Å². The van der Waals surface area contributed by atoms with Crippen molar-refractivity contribution in [3.63, 3.8) is 0 Å². The lowest BCUT2D eigenvalue weighted by Gasteiger charge is -2.18. The van der Waals surface area contributed by atoms with Gasteiger partial charge in [0.25, 0.3) is 0 Å². The molecule has 0 bridgehead atoms. The minimum absolute atomic E-state index is 0.0560. The van der Waals surface area contributed by atoms with Crippen LogP contribution in [0.1, 0.15) is 22.7 Å². The van der Waals surface area contributed by atoms with Crippen molar-refractivity contribution in [2.75, 3.05) is 0 Å². The second-order valence-electron chi connectivity index (χ2n) is 4.64. The van der Waals surface area contributed by atoms with Gasteiger partial charge in [-0.2, -0.15) is 0 Å². The van der Waals surface area contributed by atoms with E-state index in [0.717, 1.165) is 18.2 Å². The van der Waals surface area contributed by atoms with Crippen LogP contribution < -0.4 is 11.3 Å². The molecule has 1 atom stereocenters. The van der Waals surface area contributed by atoms with Crippen LogP contribution in [0.15, 0.2) is 36.4 Å². The van der Waals surface area contributed by atoms with E-state index in [1.54, 1.807) is 25.1 Å². The molecule has 2 rings (SSSR count). The fraction of sp³-hybridized carbons (Fsp3) is 0.200. The largest absolute Gasteiger partial charge is 0.271 e. The van der Waals surface area contributed by atoms with Crippen LogP contribution >= 0.6 is 0 Å². The van der Waals surface area contributed by atoms with Crippen LogP contribution in [-0.4, -0.2) is 0 Å². The van der Waals surface area contributed by atoms with E-state index in [1.165, 1.54) is 0 Å².